The Morgan fingerprint density at radius 2 is 2.50 bits per heavy atom. The number of hydrazine groups is 1. The van der Waals surface area contributed by atoms with E-state index in [1.54, 1.807) is 0 Å². The van der Waals surface area contributed by atoms with Gasteiger partial charge in [0.2, 0.25) is 0 Å². The SMILES string of the molecule is CNNC1=CCC(N)C=C1. The van der Waals surface area contributed by atoms with Gasteiger partial charge < -0.3 is 11.2 Å². The Morgan fingerprint density at radius 3 is 3.00 bits per heavy atom. The maximum absolute atomic E-state index is 5.61. The van der Waals surface area contributed by atoms with Crippen LogP contribution in [0.2, 0.25) is 0 Å². The van der Waals surface area contributed by atoms with Crippen LogP contribution in [0.1, 0.15) is 6.42 Å². The van der Waals surface area contributed by atoms with Crippen LogP contribution in [0.3, 0.4) is 0 Å². The van der Waals surface area contributed by atoms with Crippen molar-refractivity contribution in [1.82, 2.24) is 10.9 Å². The molecule has 0 bridgehead atoms. The van der Waals surface area contributed by atoms with Gasteiger partial charge in [0.15, 0.2) is 0 Å². The summed E-state index contributed by atoms with van der Waals surface area (Å²) in [5.74, 6) is 0. The molecular formula is C7H13N3. The fraction of sp³-hybridized carbons (Fsp3) is 0.429. The minimum atomic E-state index is 0.197. The van der Waals surface area contributed by atoms with Gasteiger partial charge >= 0.3 is 0 Å². The zero-order valence-corrected chi connectivity index (χ0v) is 6.09. The zero-order chi connectivity index (χ0) is 7.40. The van der Waals surface area contributed by atoms with Gasteiger partial charge in [0, 0.05) is 18.8 Å². The average Bonchev–Trinajstić information content (AvgIpc) is 1.95. The number of allylic oxidation sites excluding steroid dienone is 1. The summed E-state index contributed by atoms with van der Waals surface area (Å²) in [6.07, 6.45) is 6.95. The smallest absolute Gasteiger partial charge is 0.0445 e. The molecule has 0 saturated heterocycles. The molecule has 0 spiro atoms. The lowest BCUT2D eigenvalue weighted by Gasteiger charge is -2.12. The minimum Gasteiger partial charge on any atom is -0.324 e. The molecule has 0 aromatic heterocycles. The molecule has 1 rings (SSSR count). The minimum absolute atomic E-state index is 0.197. The van der Waals surface area contributed by atoms with Crippen LogP contribution in [0.15, 0.2) is 23.9 Å². The molecule has 0 aromatic carbocycles. The van der Waals surface area contributed by atoms with E-state index in [1.165, 1.54) is 0 Å². The lowest BCUT2D eigenvalue weighted by atomic mass is 10.1. The van der Waals surface area contributed by atoms with E-state index in [0.717, 1.165) is 12.1 Å². The summed E-state index contributed by atoms with van der Waals surface area (Å²) < 4.78 is 0. The second-order valence-corrected chi connectivity index (χ2v) is 2.29. The van der Waals surface area contributed by atoms with Crippen molar-refractivity contribution in [2.24, 2.45) is 5.73 Å². The van der Waals surface area contributed by atoms with Crippen LogP contribution in [-0.4, -0.2) is 13.1 Å². The first-order valence-corrected chi connectivity index (χ1v) is 3.39. The number of nitrogens with two attached hydrogens (primary N) is 1. The molecule has 0 amide bonds. The van der Waals surface area contributed by atoms with Crippen molar-refractivity contribution in [2.75, 3.05) is 7.05 Å². The molecule has 0 aromatic rings. The summed E-state index contributed by atoms with van der Waals surface area (Å²) in [6, 6.07) is 0.197. The molecule has 1 aliphatic rings. The van der Waals surface area contributed by atoms with Crippen molar-refractivity contribution in [1.29, 1.82) is 0 Å². The molecule has 1 atom stereocenters. The highest BCUT2D eigenvalue weighted by atomic mass is 15.3. The molecular weight excluding hydrogens is 126 g/mol. The van der Waals surface area contributed by atoms with Crippen molar-refractivity contribution < 1.29 is 0 Å². The molecule has 10 heavy (non-hydrogen) atoms. The standard InChI is InChI=1S/C7H13N3/c1-9-10-7-4-2-6(8)3-5-7/h2,4-6,9-10H,3,8H2,1H3. The van der Waals surface area contributed by atoms with Crippen LogP contribution in [0.25, 0.3) is 0 Å². The molecule has 0 heterocycles. The highest BCUT2D eigenvalue weighted by Crippen LogP contribution is 2.04. The average molecular weight is 139 g/mol. The van der Waals surface area contributed by atoms with Gasteiger partial charge in [-0.2, -0.15) is 0 Å². The molecule has 3 heteroatoms. The van der Waals surface area contributed by atoms with Gasteiger partial charge in [0.1, 0.15) is 0 Å². The third-order valence-electron chi connectivity index (χ3n) is 1.40. The molecule has 1 aliphatic carbocycles. The molecule has 0 fully saturated rings. The van der Waals surface area contributed by atoms with Gasteiger partial charge in [0.25, 0.3) is 0 Å². The first kappa shape index (κ1) is 7.31. The molecule has 0 radical (unpaired) electrons. The largest absolute Gasteiger partial charge is 0.324 e. The molecule has 56 valence electrons. The predicted octanol–water partition coefficient (Wildman–Crippen LogP) is -0.119. The van der Waals surface area contributed by atoms with Crippen LogP contribution >= 0.6 is 0 Å². The quantitative estimate of drug-likeness (QED) is 0.467. The van der Waals surface area contributed by atoms with Gasteiger partial charge in [-0.25, -0.2) is 5.43 Å². The van der Waals surface area contributed by atoms with E-state index in [2.05, 4.69) is 16.9 Å². The highest BCUT2D eigenvalue weighted by molar-refractivity contribution is 5.22. The van der Waals surface area contributed by atoms with E-state index in [9.17, 15) is 0 Å². The van der Waals surface area contributed by atoms with Crippen molar-refractivity contribution in [2.45, 2.75) is 12.5 Å². The van der Waals surface area contributed by atoms with Gasteiger partial charge in [-0.1, -0.05) is 12.2 Å². The Hall–Kier alpha value is -0.800. The predicted molar refractivity (Wildman–Crippen MR) is 42.0 cm³/mol. The highest BCUT2D eigenvalue weighted by Gasteiger charge is 2.01. The number of hydrogen-bond acceptors (Lipinski definition) is 3. The van der Waals surface area contributed by atoms with Crippen molar-refractivity contribution in [3.05, 3.63) is 23.9 Å². The zero-order valence-electron chi connectivity index (χ0n) is 6.09. The van der Waals surface area contributed by atoms with Crippen LogP contribution < -0.4 is 16.6 Å². The first-order chi connectivity index (χ1) is 4.83. The van der Waals surface area contributed by atoms with Gasteiger partial charge in [-0.05, 0) is 12.5 Å². The normalized spacial score (nSPS) is 24.2. The summed E-state index contributed by atoms with van der Waals surface area (Å²) in [5.41, 5.74) is 12.5. The Labute approximate surface area is 61.0 Å². The van der Waals surface area contributed by atoms with Crippen molar-refractivity contribution in [3.8, 4) is 0 Å². The van der Waals surface area contributed by atoms with Gasteiger partial charge in [-0.3, -0.25) is 0 Å². The Kier molecular flexibility index (Phi) is 2.48. The summed E-state index contributed by atoms with van der Waals surface area (Å²) in [4.78, 5) is 0. The monoisotopic (exact) mass is 139 g/mol. The van der Waals surface area contributed by atoms with Crippen LogP contribution in [0, 0.1) is 0 Å². The van der Waals surface area contributed by atoms with Crippen LogP contribution in [0.5, 0.6) is 0 Å². The van der Waals surface area contributed by atoms with Crippen molar-refractivity contribution >= 4 is 0 Å². The second kappa shape index (κ2) is 3.39. The third-order valence-corrected chi connectivity index (χ3v) is 1.40. The Bertz CT molecular complexity index is 160. The third kappa shape index (κ3) is 1.86. The first-order valence-electron chi connectivity index (χ1n) is 3.39. The van der Waals surface area contributed by atoms with E-state index in [1.807, 2.05) is 19.2 Å². The molecule has 1 unspecified atom stereocenters. The Balaban J connectivity index is 2.42. The number of rotatable bonds is 2. The van der Waals surface area contributed by atoms with E-state index in [-0.39, 0.29) is 6.04 Å². The fourth-order valence-electron chi connectivity index (χ4n) is 0.874. The van der Waals surface area contributed by atoms with E-state index >= 15 is 0 Å². The lowest BCUT2D eigenvalue weighted by Crippen LogP contribution is -2.28. The van der Waals surface area contributed by atoms with Crippen LogP contribution in [-0.2, 0) is 0 Å². The summed E-state index contributed by atoms with van der Waals surface area (Å²) in [7, 11) is 1.84. The molecule has 4 N–H and O–H groups in total. The molecule has 3 nitrogen and oxygen atoms in total. The van der Waals surface area contributed by atoms with E-state index in [4.69, 9.17) is 5.73 Å². The van der Waals surface area contributed by atoms with E-state index in [0.29, 0.717) is 0 Å². The van der Waals surface area contributed by atoms with Crippen molar-refractivity contribution in [3.63, 3.8) is 0 Å². The lowest BCUT2D eigenvalue weighted by molar-refractivity contribution is 0.686. The number of hydrogen-bond donors (Lipinski definition) is 3. The van der Waals surface area contributed by atoms with Gasteiger partial charge in [-0.15, -0.1) is 0 Å². The van der Waals surface area contributed by atoms with E-state index < -0.39 is 0 Å². The summed E-state index contributed by atoms with van der Waals surface area (Å²) in [6.45, 7) is 0. The fourth-order valence-corrected chi connectivity index (χ4v) is 0.874. The second-order valence-electron chi connectivity index (χ2n) is 2.29. The van der Waals surface area contributed by atoms with Gasteiger partial charge in [0.05, 0.1) is 0 Å². The summed E-state index contributed by atoms with van der Waals surface area (Å²) >= 11 is 0. The summed E-state index contributed by atoms with van der Waals surface area (Å²) in [5, 5.41) is 0. The molecule has 0 aliphatic heterocycles. The molecule has 0 saturated carbocycles. The number of nitrogens with one attached hydrogen (secondary N) is 2. The van der Waals surface area contributed by atoms with Crippen LogP contribution in [0.4, 0.5) is 0 Å². The maximum Gasteiger partial charge on any atom is 0.0445 e. The maximum atomic E-state index is 5.61. The topological polar surface area (TPSA) is 50.1 Å². The Morgan fingerprint density at radius 1 is 1.70 bits per heavy atom.